The maximum atomic E-state index is 11.2. The number of nitrogens with zero attached hydrogens (tertiary/aromatic N) is 1. The summed E-state index contributed by atoms with van der Waals surface area (Å²) in [5, 5.41) is 4.96. The molecule has 0 unspecified atom stereocenters. The zero-order valence-electron chi connectivity index (χ0n) is 7.97. The molecular weight excluding hydrogens is 208 g/mol. The third kappa shape index (κ3) is 2.66. The maximum Gasteiger partial charge on any atom is 0.309 e. The molecule has 7 heteroatoms. The fourth-order valence-corrected chi connectivity index (χ4v) is 2.30. The van der Waals surface area contributed by atoms with Crippen molar-refractivity contribution >= 4 is 16.2 Å². The van der Waals surface area contributed by atoms with Crippen molar-refractivity contribution in [2.45, 2.75) is 12.8 Å². The average molecular weight is 222 g/mol. The first-order valence-electron chi connectivity index (χ1n) is 4.31. The van der Waals surface area contributed by atoms with Gasteiger partial charge in [0.25, 0.3) is 10.2 Å². The topological polar surface area (TPSA) is 89.7 Å². The van der Waals surface area contributed by atoms with Crippen molar-refractivity contribution in [2.24, 2.45) is 11.1 Å². The molecule has 1 fully saturated rings. The van der Waals surface area contributed by atoms with Crippen LogP contribution in [-0.4, -0.2) is 38.9 Å². The molecule has 1 saturated heterocycles. The second-order valence-corrected chi connectivity index (χ2v) is 4.81. The average Bonchev–Trinajstić information content (AvgIpc) is 2.15. The Labute approximate surface area is 83.2 Å². The van der Waals surface area contributed by atoms with E-state index >= 15 is 0 Å². The summed E-state index contributed by atoms with van der Waals surface area (Å²) in [7, 11) is -2.39. The molecule has 1 aliphatic rings. The van der Waals surface area contributed by atoms with Crippen LogP contribution in [0.2, 0.25) is 0 Å². The monoisotopic (exact) mass is 222 g/mol. The van der Waals surface area contributed by atoms with Gasteiger partial charge in [-0.15, -0.1) is 0 Å². The van der Waals surface area contributed by atoms with E-state index in [2.05, 4.69) is 4.74 Å². The van der Waals surface area contributed by atoms with Gasteiger partial charge in [-0.25, -0.2) is 5.14 Å². The maximum absolute atomic E-state index is 11.2. The van der Waals surface area contributed by atoms with Gasteiger partial charge in [-0.3, -0.25) is 4.79 Å². The number of carbonyl (C=O) groups is 1. The zero-order chi connectivity index (χ0) is 10.8. The molecular formula is C7H14N2O4S. The van der Waals surface area contributed by atoms with Gasteiger partial charge in [0.2, 0.25) is 0 Å². The molecule has 82 valence electrons. The van der Waals surface area contributed by atoms with Crippen molar-refractivity contribution < 1.29 is 17.9 Å². The van der Waals surface area contributed by atoms with E-state index < -0.39 is 10.2 Å². The van der Waals surface area contributed by atoms with E-state index in [1.807, 2.05) is 0 Å². The molecule has 1 heterocycles. The number of carbonyl (C=O) groups excluding carboxylic acids is 1. The fourth-order valence-electron chi connectivity index (χ4n) is 1.53. The van der Waals surface area contributed by atoms with Crippen molar-refractivity contribution in [3.05, 3.63) is 0 Å². The summed E-state index contributed by atoms with van der Waals surface area (Å²) < 4.78 is 27.6. The first kappa shape index (κ1) is 11.4. The van der Waals surface area contributed by atoms with Crippen molar-refractivity contribution in [1.82, 2.24) is 4.31 Å². The summed E-state index contributed by atoms with van der Waals surface area (Å²) in [6, 6.07) is 0. The van der Waals surface area contributed by atoms with Gasteiger partial charge >= 0.3 is 5.97 Å². The molecule has 0 aliphatic carbocycles. The van der Waals surface area contributed by atoms with Crippen LogP contribution < -0.4 is 5.14 Å². The van der Waals surface area contributed by atoms with Crippen molar-refractivity contribution in [2.75, 3.05) is 20.2 Å². The van der Waals surface area contributed by atoms with Crippen LogP contribution in [0.5, 0.6) is 0 Å². The molecule has 1 rings (SSSR count). The predicted molar refractivity (Wildman–Crippen MR) is 49.4 cm³/mol. The van der Waals surface area contributed by atoms with E-state index in [1.54, 1.807) is 0 Å². The Balaban J connectivity index is 2.65. The van der Waals surface area contributed by atoms with E-state index in [4.69, 9.17) is 5.14 Å². The first-order valence-corrected chi connectivity index (χ1v) is 5.81. The predicted octanol–water partition coefficient (Wildman–Crippen LogP) is -0.925. The number of esters is 1. The molecule has 1 aliphatic heterocycles. The van der Waals surface area contributed by atoms with Gasteiger partial charge in [-0.05, 0) is 12.8 Å². The van der Waals surface area contributed by atoms with E-state index in [1.165, 1.54) is 7.11 Å². The number of hydrogen-bond acceptors (Lipinski definition) is 4. The minimum atomic E-state index is -3.67. The zero-order valence-corrected chi connectivity index (χ0v) is 8.79. The van der Waals surface area contributed by atoms with E-state index in [0.29, 0.717) is 19.4 Å². The van der Waals surface area contributed by atoms with Crippen molar-refractivity contribution in [3.8, 4) is 0 Å². The lowest BCUT2D eigenvalue weighted by molar-refractivity contribution is -0.146. The molecule has 0 bridgehead atoms. The first-order chi connectivity index (χ1) is 6.45. The fraction of sp³-hybridized carbons (Fsp3) is 0.857. The number of rotatable bonds is 2. The molecule has 0 saturated carbocycles. The van der Waals surface area contributed by atoms with Gasteiger partial charge in [-0.2, -0.15) is 12.7 Å². The standard InChI is InChI=1S/C7H14N2O4S/c1-13-7(10)6-3-2-4-9(5-6)14(8,11)12/h6H,2-5H2,1H3,(H2,8,11,12)/t6-/m0/s1. The van der Waals surface area contributed by atoms with E-state index in [-0.39, 0.29) is 18.4 Å². The molecule has 0 amide bonds. The highest BCUT2D eigenvalue weighted by Gasteiger charge is 2.30. The Bertz CT molecular complexity index is 314. The summed E-state index contributed by atoms with van der Waals surface area (Å²) in [5.41, 5.74) is 0. The molecule has 14 heavy (non-hydrogen) atoms. The lowest BCUT2D eigenvalue weighted by Gasteiger charge is -2.28. The molecule has 2 N–H and O–H groups in total. The molecule has 0 spiro atoms. The van der Waals surface area contributed by atoms with Crippen LogP contribution in [0.4, 0.5) is 0 Å². The minimum Gasteiger partial charge on any atom is -0.469 e. The number of ether oxygens (including phenoxy) is 1. The van der Waals surface area contributed by atoms with Crippen LogP contribution in [0.15, 0.2) is 0 Å². The highest BCUT2D eigenvalue weighted by atomic mass is 32.2. The third-order valence-electron chi connectivity index (χ3n) is 2.28. The molecule has 1 atom stereocenters. The summed E-state index contributed by atoms with van der Waals surface area (Å²) in [6.45, 7) is 0.512. The molecule has 0 aromatic carbocycles. The number of methoxy groups -OCH3 is 1. The summed E-state index contributed by atoms with van der Waals surface area (Å²) in [5.74, 6) is -0.759. The Morgan fingerprint density at radius 3 is 2.71 bits per heavy atom. The summed E-state index contributed by atoms with van der Waals surface area (Å²) >= 11 is 0. The lowest BCUT2D eigenvalue weighted by Crippen LogP contribution is -2.45. The van der Waals surface area contributed by atoms with Gasteiger partial charge in [0.05, 0.1) is 13.0 Å². The van der Waals surface area contributed by atoms with Gasteiger partial charge in [0.15, 0.2) is 0 Å². The van der Waals surface area contributed by atoms with Gasteiger partial charge in [0, 0.05) is 13.1 Å². The third-order valence-corrected chi connectivity index (χ3v) is 3.33. The molecule has 0 aromatic heterocycles. The van der Waals surface area contributed by atoms with Gasteiger partial charge in [0.1, 0.15) is 0 Å². The Morgan fingerprint density at radius 2 is 2.21 bits per heavy atom. The van der Waals surface area contributed by atoms with Crippen molar-refractivity contribution in [1.29, 1.82) is 0 Å². The number of hydrogen-bond donors (Lipinski definition) is 1. The molecule has 0 aromatic rings. The Hall–Kier alpha value is -0.660. The second kappa shape index (κ2) is 4.24. The minimum absolute atomic E-state index is 0.130. The van der Waals surface area contributed by atoms with E-state index in [9.17, 15) is 13.2 Å². The summed E-state index contributed by atoms with van der Waals surface area (Å²) in [6.07, 6.45) is 1.29. The Morgan fingerprint density at radius 1 is 1.57 bits per heavy atom. The highest BCUT2D eigenvalue weighted by molar-refractivity contribution is 7.86. The van der Waals surface area contributed by atoms with Crippen LogP contribution in [0.25, 0.3) is 0 Å². The highest BCUT2D eigenvalue weighted by Crippen LogP contribution is 2.18. The second-order valence-electron chi connectivity index (χ2n) is 3.27. The normalized spacial score (nSPS) is 24.6. The van der Waals surface area contributed by atoms with Crippen LogP contribution in [0.1, 0.15) is 12.8 Å². The van der Waals surface area contributed by atoms with E-state index in [0.717, 1.165) is 4.31 Å². The smallest absolute Gasteiger partial charge is 0.309 e. The number of piperidine rings is 1. The quantitative estimate of drug-likeness (QED) is 0.611. The lowest BCUT2D eigenvalue weighted by atomic mass is 10.0. The summed E-state index contributed by atoms with van der Waals surface area (Å²) in [4.78, 5) is 11.2. The largest absolute Gasteiger partial charge is 0.469 e. The van der Waals surface area contributed by atoms with Gasteiger partial charge < -0.3 is 4.74 Å². The molecule has 6 nitrogen and oxygen atoms in total. The SMILES string of the molecule is COC(=O)[C@H]1CCCN(S(N)(=O)=O)C1. The van der Waals surface area contributed by atoms with Crippen LogP contribution in [0.3, 0.4) is 0 Å². The Kier molecular flexibility index (Phi) is 3.46. The van der Waals surface area contributed by atoms with Crippen LogP contribution >= 0.6 is 0 Å². The molecule has 0 radical (unpaired) electrons. The van der Waals surface area contributed by atoms with Crippen LogP contribution in [-0.2, 0) is 19.7 Å². The van der Waals surface area contributed by atoms with Gasteiger partial charge in [-0.1, -0.05) is 0 Å². The number of nitrogens with two attached hydrogens (primary N) is 1. The van der Waals surface area contributed by atoms with Crippen LogP contribution in [0, 0.1) is 5.92 Å². The van der Waals surface area contributed by atoms with Crippen molar-refractivity contribution in [3.63, 3.8) is 0 Å².